The molecule has 3 fully saturated rings. The third-order valence-corrected chi connectivity index (χ3v) is 6.15. The molecule has 2 aliphatic heterocycles. The molecule has 2 saturated heterocycles. The summed E-state index contributed by atoms with van der Waals surface area (Å²) in [6, 6.07) is 0. The highest BCUT2D eigenvalue weighted by atomic mass is 35.5. The topological polar surface area (TPSA) is 24.9 Å². The highest BCUT2D eigenvalue weighted by molar-refractivity contribution is 5.85. The Kier molecular flexibility index (Phi) is 9.13. The van der Waals surface area contributed by atoms with Crippen LogP contribution in [0.3, 0.4) is 0 Å². The van der Waals surface area contributed by atoms with Gasteiger partial charge < -0.3 is 9.47 Å². The van der Waals surface area contributed by atoms with E-state index in [-0.39, 0.29) is 24.8 Å². The molecule has 23 heavy (non-hydrogen) atoms. The van der Waals surface area contributed by atoms with Crippen molar-refractivity contribution in [1.29, 1.82) is 0 Å². The fourth-order valence-electron chi connectivity index (χ4n) is 4.18. The van der Waals surface area contributed by atoms with Crippen molar-refractivity contribution < 1.29 is 9.47 Å². The van der Waals surface area contributed by atoms with Crippen molar-refractivity contribution in [2.75, 3.05) is 65.7 Å². The Balaban J connectivity index is 0.00000132. The maximum Gasteiger partial charge on any atom is 0.0594 e. The predicted octanol–water partition coefficient (Wildman–Crippen LogP) is 2.55. The van der Waals surface area contributed by atoms with E-state index in [2.05, 4.69) is 23.6 Å². The molecule has 3 rings (SSSR count). The summed E-state index contributed by atoms with van der Waals surface area (Å²) in [5.74, 6) is 1.79. The van der Waals surface area contributed by atoms with Crippen LogP contribution in [0.15, 0.2) is 0 Å². The van der Waals surface area contributed by atoms with Gasteiger partial charge in [-0.3, -0.25) is 9.80 Å². The molecular weight excluding hydrogens is 335 g/mol. The third-order valence-electron chi connectivity index (χ3n) is 6.15. The Morgan fingerprint density at radius 1 is 0.826 bits per heavy atom. The molecule has 0 N–H and O–H groups in total. The Labute approximate surface area is 154 Å². The van der Waals surface area contributed by atoms with Gasteiger partial charge in [0.2, 0.25) is 0 Å². The van der Waals surface area contributed by atoms with Gasteiger partial charge in [0.25, 0.3) is 0 Å². The van der Waals surface area contributed by atoms with Crippen molar-refractivity contribution in [3.05, 3.63) is 0 Å². The summed E-state index contributed by atoms with van der Waals surface area (Å²) in [6.07, 6.45) is 2.79. The van der Waals surface area contributed by atoms with Crippen LogP contribution in [-0.4, -0.2) is 75.5 Å². The van der Waals surface area contributed by atoms with Crippen LogP contribution in [0.5, 0.6) is 0 Å². The molecule has 0 aromatic rings. The zero-order valence-corrected chi connectivity index (χ0v) is 16.3. The van der Waals surface area contributed by atoms with E-state index in [0.717, 1.165) is 64.4 Å². The molecule has 0 spiro atoms. The summed E-state index contributed by atoms with van der Waals surface area (Å²) in [6.45, 7) is 15.7. The van der Waals surface area contributed by atoms with Gasteiger partial charge in [-0.15, -0.1) is 24.8 Å². The number of halogens is 2. The van der Waals surface area contributed by atoms with Crippen LogP contribution >= 0.6 is 24.8 Å². The van der Waals surface area contributed by atoms with Crippen LogP contribution in [0.1, 0.15) is 26.7 Å². The first-order valence-electron chi connectivity index (χ1n) is 8.76. The standard InChI is InChI=1S/C17H32N2O2.2ClH/c1-17(2)15(3-4-18-5-9-20-10-6-18)13-16(17)14-19-7-11-21-12-8-19;;/h15-16H,3-14H2,1-2H3;2*1H. The van der Waals surface area contributed by atoms with Gasteiger partial charge in [-0.05, 0) is 36.6 Å². The molecule has 0 amide bonds. The van der Waals surface area contributed by atoms with E-state index in [0.29, 0.717) is 5.41 Å². The van der Waals surface area contributed by atoms with Gasteiger partial charge in [-0.1, -0.05) is 13.8 Å². The second-order valence-corrected chi connectivity index (χ2v) is 7.61. The minimum Gasteiger partial charge on any atom is -0.379 e. The smallest absolute Gasteiger partial charge is 0.0594 e. The lowest BCUT2D eigenvalue weighted by Gasteiger charge is -2.54. The summed E-state index contributed by atoms with van der Waals surface area (Å²) < 4.78 is 10.9. The number of nitrogens with zero attached hydrogens (tertiary/aromatic N) is 2. The van der Waals surface area contributed by atoms with Crippen molar-refractivity contribution in [1.82, 2.24) is 9.80 Å². The molecule has 4 nitrogen and oxygen atoms in total. The average molecular weight is 369 g/mol. The van der Waals surface area contributed by atoms with E-state index in [4.69, 9.17) is 9.47 Å². The zero-order chi connectivity index (χ0) is 14.7. The summed E-state index contributed by atoms with van der Waals surface area (Å²) in [7, 11) is 0. The molecule has 2 atom stereocenters. The molecule has 0 aromatic carbocycles. The SMILES string of the molecule is CC1(C)C(CCN2CCOCC2)CC1CN1CCOCC1.Cl.Cl. The summed E-state index contributed by atoms with van der Waals surface area (Å²) in [5.41, 5.74) is 0.518. The molecule has 1 saturated carbocycles. The van der Waals surface area contributed by atoms with E-state index in [1.54, 1.807) is 0 Å². The lowest BCUT2D eigenvalue weighted by molar-refractivity contribution is -0.0654. The summed E-state index contributed by atoms with van der Waals surface area (Å²) in [5, 5.41) is 0. The molecule has 1 aliphatic carbocycles. The zero-order valence-electron chi connectivity index (χ0n) is 14.7. The quantitative estimate of drug-likeness (QED) is 0.744. The Hall–Kier alpha value is 0.420. The lowest BCUT2D eigenvalue weighted by Crippen LogP contribution is -2.52. The molecule has 2 heterocycles. The maximum absolute atomic E-state index is 5.45. The highest BCUT2D eigenvalue weighted by Gasteiger charge is 2.47. The van der Waals surface area contributed by atoms with Crippen LogP contribution in [0.2, 0.25) is 0 Å². The molecule has 0 radical (unpaired) electrons. The third kappa shape index (κ3) is 5.45. The van der Waals surface area contributed by atoms with E-state index in [9.17, 15) is 0 Å². The lowest BCUT2D eigenvalue weighted by atomic mass is 9.53. The predicted molar refractivity (Wildman–Crippen MR) is 99.0 cm³/mol. The number of hydrogen-bond acceptors (Lipinski definition) is 4. The Bertz CT molecular complexity index is 333. The van der Waals surface area contributed by atoms with Crippen molar-refractivity contribution in [3.8, 4) is 0 Å². The minimum absolute atomic E-state index is 0. The molecule has 3 aliphatic rings. The monoisotopic (exact) mass is 368 g/mol. The van der Waals surface area contributed by atoms with Gasteiger partial charge >= 0.3 is 0 Å². The van der Waals surface area contributed by atoms with E-state index in [1.807, 2.05) is 0 Å². The molecular formula is C17H34Cl2N2O2. The van der Waals surface area contributed by atoms with Crippen LogP contribution in [0.4, 0.5) is 0 Å². The summed E-state index contributed by atoms with van der Waals surface area (Å²) >= 11 is 0. The summed E-state index contributed by atoms with van der Waals surface area (Å²) in [4.78, 5) is 5.18. The van der Waals surface area contributed by atoms with E-state index < -0.39 is 0 Å². The van der Waals surface area contributed by atoms with E-state index in [1.165, 1.54) is 25.9 Å². The Morgan fingerprint density at radius 2 is 1.35 bits per heavy atom. The van der Waals surface area contributed by atoms with Gasteiger partial charge in [-0.2, -0.15) is 0 Å². The molecule has 0 aromatic heterocycles. The largest absolute Gasteiger partial charge is 0.379 e. The normalized spacial score (nSPS) is 31.6. The minimum atomic E-state index is 0. The molecule has 0 bridgehead atoms. The first-order valence-corrected chi connectivity index (χ1v) is 8.76. The van der Waals surface area contributed by atoms with Crippen molar-refractivity contribution >= 4 is 24.8 Å². The molecule has 6 heteroatoms. The molecule has 2 unspecified atom stereocenters. The van der Waals surface area contributed by atoms with Crippen LogP contribution in [0.25, 0.3) is 0 Å². The van der Waals surface area contributed by atoms with Crippen molar-refractivity contribution in [2.45, 2.75) is 26.7 Å². The maximum atomic E-state index is 5.45. The van der Waals surface area contributed by atoms with Gasteiger partial charge in [-0.25, -0.2) is 0 Å². The van der Waals surface area contributed by atoms with E-state index >= 15 is 0 Å². The van der Waals surface area contributed by atoms with Crippen molar-refractivity contribution in [3.63, 3.8) is 0 Å². The number of rotatable bonds is 5. The van der Waals surface area contributed by atoms with Crippen molar-refractivity contribution in [2.24, 2.45) is 17.3 Å². The average Bonchev–Trinajstić information content (AvgIpc) is 2.52. The second kappa shape index (κ2) is 9.79. The second-order valence-electron chi connectivity index (χ2n) is 7.61. The van der Waals surface area contributed by atoms with Gasteiger partial charge in [0.15, 0.2) is 0 Å². The first kappa shape index (κ1) is 21.5. The number of ether oxygens (including phenoxy) is 2. The number of hydrogen-bond donors (Lipinski definition) is 0. The fraction of sp³-hybridized carbons (Fsp3) is 1.00. The van der Waals surface area contributed by atoms with Gasteiger partial charge in [0.05, 0.1) is 26.4 Å². The first-order chi connectivity index (χ1) is 10.2. The fourth-order valence-corrected chi connectivity index (χ4v) is 4.18. The van der Waals surface area contributed by atoms with Crippen LogP contribution < -0.4 is 0 Å². The number of morpholine rings is 2. The van der Waals surface area contributed by atoms with Crippen LogP contribution in [-0.2, 0) is 9.47 Å². The Morgan fingerprint density at radius 3 is 1.87 bits per heavy atom. The van der Waals surface area contributed by atoms with Crippen LogP contribution in [0, 0.1) is 17.3 Å². The van der Waals surface area contributed by atoms with Gasteiger partial charge in [0, 0.05) is 32.7 Å². The highest BCUT2D eigenvalue weighted by Crippen LogP contribution is 2.53. The van der Waals surface area contributed by atoms with Gasteiger partial charge in [0.1, 0.15) is 0 Å². The molecule has 138 valence electrons.